The van der Waals surface area contributed by atoms with E-state index < -0.39 is 0 Å². The largest absolute Gasteiger partial charge is 0.504 e. The molecule has 100 valence electrons. The number of hydrogen-bond acceptors (Lipinski definition) is 3. The Balaban J connectivity index is 0.00000120. The quantitative estimate of drug-likeness (QED) is 0.724. The molecule has 1 aromatic carbocycles. The first-order valence-electron chi connectivity index (χ1n) is 6.42. The van der Waals surface area contributed by atoms with Crippen LogP contribution in [0.1, 0.15) is 36.3 Å². The first kappa shape index (κ1) is 13.7. The van der Waals surface area contributed by atoms with E-state index in [2.05, 4.69) is 11.9 Å². The number of likely N-dealkylation sites (N-methyl/N-ethyl adjacent to an activating group) is 1. The van der Waals surface area contributed by atoms with E-state index in [-0.39, 0.29) is 28.5 Å². The predicted octanol–water partition coefficient (Wildman–Crippen LogP) is 2.80. The summed E-state index contributed by atoms with van der Waals surface area (Å²) in [6.45, 7) is 1.18. The molecule has 0 unspecified atom stereocenters. The fourth-order valence-corrected chi connectivity index (χ4v) is 3.55. The summed E-state index contributed by atoms with van der Waals surface area (Å²) in [6, 6.07) is 4.24. The van der Waals surface area contributed by atoms with E-state index in [0.717, 1.165) is 18.4 Å². The minimum atomic E-state index is 0. The number of rotatable bonds is 0. The predicted molar refractivity (Wildman–Crippen MR) is 76.8 cm³/mol. The summed E-state index contributed by atoms with van der Waals surface area (Å²) in [5, 5.41) is 19.5. The van der Waals surface area contributed by atoms with Crippen molar-refractivity contribution in [1.82, 2.24) is 4.90 Å². The molecule has 0 amide bonds. The van der Waals surface area contributed by atoms with E-state index in [0.29, 0.717) is 12.0 Å². The van der Waals surface area contributed by atoms with Gasteiger partial charge in [0.05, 0.1) is 0 Å². The molecule has 0 radical (unpaired) electrons. The van der Waals surface area contributed by atoms with E-state index in [4.69, 9.17) is 0 Å². The number of halogens is 1. The minimum Gasteiger partial charge on any atom is -0.504 e. The van der Waals surface area contributed by atoms with Gasteiger partial charge >= 0.3 is 0 Å². The lowest BCUT2D eigenvalue weighted by Crippen LogP contribution is -2.43. The Morgan fingerprint density at radius 1 is 1.22 bits per heavy atom. The maximum atomic E-state index is 9.94. The van der Waals surface area contributed by atoms with E-state index in [1.165, 1.54) is 24.9 Å². The average Bonchev–Trinajstić information content (AvgIpc) is 2.34. The lowest BCUT2D eigenvalue weighted by Gasteiger charge is -2.43. The van der Waals surface area contributed by atoms with Gasteiger partial charge in [-0.05, 0) is 56.8 Å². The Kier molecular flexibility index (Phi) is 3.87. The first-order valence-corrected chi connectivity index (χ1v) is 6.42. The Bertz CT molecular complexity index is 450. The van der Waals surface area contributed by atoms with Gasteiger partial charge in [0, 0.05) is 11.6 Å². The van der Waals surface area contributed by atoms with E-state index in [1.54, 1.807) is 6.07 Å². The highest BCUT2D eigenvalue weighted by atomic mass is 79.9. The molecule has 3 rings (SSSR count). The third kappa shape index (κ3) is 2.01. The second-order valence-electron chi connectivity index (χ2n) is 5.34. The van der Waals surface area contributed by atoms with Crippen molar-refractivity contribution in [3.63, 3.8) is 0 Å². The van der Waals surface area contributed by atoms with Gasteiger partial charge in [0.2, 0.25) is 0 Å². The number of nitrogens with zero attached hydrogens (tertiary/aromatic N) is 1. The summed E-state index contributed by atoms with van der Waals surface area (Å²) >= 11 is 0. The minimum absolute atomic E-state index is 0. The number of aromatic hydroxyl groups is 2. The maximum absolute atomic E-state index is 9.94. The van der Waals surface area contributed by atoms with Crippen LogP contribution in [0.5, 0.6) is 11.5 Å². The van der Waals surface area contributed by atoms with Gasteiger partial charge in [-0.1, -0.05) is 6.07 Å². The maximum Gasteiger partial charge on any atom is 0.160 e. The lowest BCUT2D eigenvalue weighted by atomic mass is 9.74. The third-order valence-corrected chi connectivity index (χ3v) is 4.44. The summed E-state index contributed by atoms with van der Waals surface area (Å²) in [6.07, 6.45) is 4.39. The van der Waals surface area contributed by atoms with Crippen molar-refractivity contribution in [1.29, 1.82) is 0 Å². The third-order valence-electron chi connectivity index (χ3n) is 4.44. The highest BCUT2D eigenvalue weighted by Gasteiger charge is 2.35. The number of phenols is 2. The van der Waals surface area contributed by atoms with Crippen molar-refractivity contribution in [3.8, 4) is 11.5 Å². The van der Waals surface area contributed by atoms with Crippen LogP contribution in [-0.2, 0) is 6.42 Å². The number of hydrogen-bond donors (Lipinski definition) is 2. The number of piperidine rings is 1. The molecular formula is C14H20BrNO2. The summed E-state index contributed by atoms with van der Waals surface area (Å²) in [7, 11) is 2.20. The van der Waals surface area contributed by atoms with Crippen LogP contribution < -0.4 is 0 Å². The van der Waals surface area contributed by atoms with E-state index >= 15 is 0 Å². The molecule has 1 aromatic rings. The molecule has 1 saturated heterocycles. The van der Waals surface area contributed by atoms with Crippen LogP contribution in [0.3, 0.4) is 0 Å². The van der Waals surface area contributed by atoms with Crippen LogP contribution in [0, 0.1) is 0 Å². The van der Waals surface area contributed by atoms with Crippen LogP contribution in [0.4, 0.5) is 0 Å². The molecule has 0 saturated carbocycles. The zero-order valence-electron chi connectivity index (χ0n) is 10.6. The molecule has 2 N–H and O–H groups in total. The van der Waals surface area contributed by atoms with Crippen molar-refractivity contribution >= 4 is 17.0 Å². The van der Waals surface area contributed by atoms with Crippen molar-refractivity contribution in [2.75, 3.05) is 13.6 Å². The van der Waals surface area contributed by atoms with Gasteiger partial charge < -0.3 is 15.1 Å². The second kappa shape index (κ2) is 5.10. The molecule has 18 heavy (non-hydrogen) atoms. The van der Waals surface area contributed by atoms with Gasteiger partial charge in [0.1, 0.15) is 0 Å². The van der Waals surface area contributed by atoms with Crippen LogP contribution >= 0.6 is 17.0 Å². The van der Waals surface area contributed by atoms with Gasteiger partial charge in [-0.15, -0.1) is 17.0 Å². The molecule has 0 aromatic heterocycles. The van der Waals surface area contributed by atoms with Gasteiger partial charge in [0.25, 0.3) is 0 Å². The Labute approximate surface area is 118 Å². The smallest absolute Gasteiger partial charge is 0.160 e. The van der Waals surface area contributed by atoms with Crippen molar-refractivity contribution in [2.24, 2.45) is 0 Å². The van der Waals surface area contributed by atoms with Crippen molar-refractivity contribution < 1.29 is 10.2 Å². The molecule has 4 heteroatoms. The average molecular weight is 314 g/mol. The molecular weight excluding hydrogens is 294 g/mol. The fraction of sp³-hybridized carbons (Fsp3) is 0.571. The monoisotopic (exact) mass is 313 g/mol. The standard InChI is InChI=1S/C14H19NO2.BrH/c1-15-8-2-3-10-9-5-7-13(16)14(17)11(9)4-6-12(10)15;/h5,7,10,12,16-17H,2-4,6,8H2,1H3;1H/t10-,12+;/m0./s1. The molecule has 1 fully saturated rings. The molecule has 1 heterocycles. The number of benzene rings is 1. The van der Waals surface area contributed by atoms with Gasteiger partial charge in [-0.2, -0.15) is 0 Å². The Morgan fingerprint density at radius 3 is 2.78 bits per heavy atom. The summed E-state index contributed by atoms with van der Waals surface area (Å²) < 4.78 is 0. The molecule has 2 aliphatic rings. The van der Waals surface area contributed by atoms with Gasteiger partial charge in [-0.25, -0.2) is 0 Å². The summed E-state index contributed by atoms with van der Waals surface area (Å²) in [4.78, 5) is 2.45. The topological polar surface area (TPSA) is 43.7 Å². The van der Waals surface area contributed by atoms with Gasteiger partial charge in [0.15, 0.2) is 11.5 Å². The SMILES string of the molecule is Br.CN1CCC[C@H]2c3ccc(O)c(O)c3CC[C@H]21. The molecule has 0 spiro atoms. The lowest BCUT2D eigenvalue weighted by molar-refractivity contribution is 0.143. The molecule has 1 aliphatic carbocycles. The highest BCUT2D eigenvalue weighted by molar-refractivity contribution is 8.93. The normalized spacial score (nSPS) is 26.9. The van der Waals surface area contributed by atoms with E-state index in [9.17, 15) is 10.2 Å². The van der Waals surface area contributed by atoms with Crippen LogP contribution in [0.2, 0.25) is 0 Å². The molecule has 2 atom stereocenters. The Hall–Kier alpha value is -0.740. The number of fused-ring (bicyclic) bond motifs is 3. The van der Waals surface area contributed by atoms with Crippen LogP contribution in [-0.4, -0.2) is 34.7 Å². The molecule has 0 bridgehead atoms. The highest BCUT2D eigenvalue weighted by Crippen LogP contribution is 2.45. The first-order chi connectivity index (χ1) is 8.18. The number of likely N-dealkylation sites (tertiary alicyclic amines) is 1. The van der Waals surface area contributed by atoms with Crippen LogP contribution in [0.15, 0.2) is 12.1 Å². The van der Waals surface area contributed by atoms with Crippen LogP contribution in [0.25, 0.3) is 0 Å². The zero-order chi connectivity index (χ0) is 12.0. The fourth-order valence-electron chi connectivity index (χ4n) is 3.55. The molecule has 1 aliphatic heterocycles. The molecule has 3 nitrogen and oxygen atoms in total. The van der Waals surface area contributed by atoms with Crippen molar-refractivity contribution in [2.45, 2.75) is 37.6 Å². The zero-order valence-corrected chi connectivity index (χ0v) is 12.3. The summed E-state index contributed by atoms with van der Waals surface area (Å²) in [5.41, 5.74) is 2.23. The van der Waals surface area contributed by atoms with Gasteiger partial charge in [-0.3, -0.25) is 0 Å². The van der Waals surface area contributed by atoms with Crippen molar-refractivity contribution in [3.05, 3.63) is 23.3 Å². The summed E-state index contributed by atoms with van der Waals surface area (Å²) in [5.74, 6) is 0.657. The second-order valence-corrected chi connectivity index (χ2v) is 5.34. The Morgan fingerprint density at radius 2 is 2.00 bits per heavy atom. The van der Waals surface area contributed by atoms with E-state index in [1.807, 2.05) is 6.07 Å². The number of phenolic OH excluding ortho intramolecular Hbond substituents is 2.